The highest BCUT2D eigenvalue weighted by molar-refractivity contribution is 5.91. The lowest BCUT2D eigenvalue weighted by molar-refractivity contribution is 0.0181. The molecular formula is C13H12FN3O4. The lowest BCUT2D eigenvalue weighted by Gasteiger charge is -2.29. The molecule has 110 valence electrons. The van der Waals surface area contributed by atoms with Crippen molar-refractivity contribution in [1.29, 1.82) is 5.26 Å². The summed E-state index contributed by atoms with van der Waals surface area (Å²) in [6.45, 7) is 0.613. The van der Waals surface area contributed by atoms with E-state index in [2.05, 4.69) is 5.32 Å². The number of halogens is 1. The Bertz CT molecular complexity index is 614. The van der Waals surface area contributed by atoms with E-state index in [0.717, 1.165) is 6.07 Å². The Kier molecular flexibility index (Phi) is 4.35. The van der Waals surface area contributed by atoms with Gasteiger partial charge in [0, 0.05) is 6.54 Å². The molecule has 2 amide bonds. The van der Waals surface area contributed by atoms with E-state index in [4.69, 9.17) is 15.1 Å². The van der Waals surface area contributed by atoms with Gasteiger partial charge in [0.1, 0.15) is 5.82 Å². The molecule has 1 aromatic rings. The number of nitriles is 1. The van der Waals surface area contributed by atoms with Gasteiger partial charge in [-0.3, -0.25) is 0 Å². The molecule has 1 aliphatic heterocycles. The maximum absolute atomic E-state index is 13.7. The predicted octanol–water partition coefficient (Wildman–Crippen LogP) is 1.28. The zero-order chi connectivity index (χ0) is 15.4. The first-order chi connectivity index (χ1) is 10.0. The van der Waals surface area contributed by atoms with Crippen LogP contribution in [0.15, 0.2) is 18.2 Å². The van der Waals surface area contributed by atoms with E-state index in [0.29, 0.717) is 6.54 Å². The number of carboxylic acid groups (broad SMARTS) is 1. The summed E-state index contributed by atoms with van der Waals surface area (Å²) in [5.41, 5.74) is -0.327. The minimum Gasteiger partial charge on any atom is -0.478 e. The monoisotopic (exact) mass is 293 g/mol. The van der Waals surface area contributed by atoms with Crippen LogP contribution in [0.4, 0.5) is 14.9 Å². The highest BCUT2D eigenvalue weighted by Crippen LogP contribution is 2.17. The fourth-order valence-corrected chi connectivity index (χ4v) is 1.86. The number of benzene rings is 1. The zero-order valence-electron chi connectivity index (χ0n) is 10.9. The molecule has 1 saturated heterocycles. The summed E-state index contributed by atoms with van der Waals surface area (Å²) in [7, 11) is 0. The molecule has 1 heterocycles. The number of hydrogen-bond donors (Lipinski definition) is 2. The molecule has 8 heteroatoms. The average Bonchev–Trinajstić information content (AvgIpc) is 2.49. The Morgan fingerprint density at radius 2 is 2.29 bits per heavy atom. The van der Waals surface area contributed by atoms with Crippen molar-refractivity contribution in [3.05, 3.63) is 29.6 Å². The number of nitrogens with zero attached hydrogens (tertiary/aromatic N) is 2. The van der Waals surface area contributed by atoms with Crippen molar-refractivity contribution in [1.82, 2.24) is 4.90 Å². The van der Waals surface area contributed by atoms with Crippen LogP contribution in [0.5, 0.6) is 0 Å². The van der Waals surface area contributed by atoms with Gasteiger partial charge in [-0.25, -0.2) is 14.0 Å². The standard InChI is InChI=1S/C13H12FN3O4/c14-10-5-8(12(18)19)1-2-11(10)16-13(20)17-3-4-21-9(6-15)7-17/h1-2,5,9H,3-4,7H2,(H,16,20)(H,18,19). The predicted molar refractivity (Wildman–Crippen MR) is 69.3 cm³/mol. The van der Waals surface area contributed by atoms with Gasteiger partial charge in [-0.05, 0) is 18.2 Å². The van der Waals surface area contributed by atoms with Crippen LogP contribution in [-0.4, -0.2) is 47.8 Å². The first-order valence-corrected chi connectivity index (χ1v) is 6.11. The maximum atomic E-state index is 13.7. The molecule has 7 nitrogen and oxygen atoms in total. The minimum atomic E-state index is -1.25. The molecule has 1 atom stereocenters. The van der Waals surface area contributed by atoms with Gasteiger partial charge in [-0.15, -0.1) is 0 Å². The summed E-state index contributed by atoms with van der Waals surface area (Å²) in [4.78, 5) is 24.0. The molecule has 1 aromatic carbocycles. The van der Waals surface area contributed by atoms with E-state index >= 15 is 0 Å². The molecule has 0 radical (unpaired) electrons. The summed E-state index contributed by atoms with van der Waals surface area (Å²) in [6, 6.07) is 4.53. The lowest BCUT2D eigenvalue weighted by Crippen LogP contribution is -2.47. The maximum Gasteiger partial charge on any atom is 0.335 e. The van der Waals surface area contributed by atoms with E-state index in [1.807, 2.05) is 6.07 Å². The van der Waals surface area contributed by atoms with Crippen LogP contribution in [0.1, 0.15) is 10.4 Å². The summed E-state index contributed by atoms with van der Waals surface area (Å²) in [6.07, 6.45) is -0.705. The van der Waals surface area contributed by atoms with Crippen LogP contribution in [0.2, 0.25) is 0 Å². The molecule has 0 aromatic heterocycles. The number of rotatable bonds is 2. The third kappa shape index (κ3) is 3.46. The number of carboxylic acids is 1. The van der Waals surface area contributed by atoms with Crippen molar-refractivity contribution in [2.24, 2.45) is 0 Å². The van der Waals surface area contributed by atoms with Gasteiger partial charge in [0.25, 0.3) is 0 Å². The number of aromatic carboxylic acids is 1. The largest absolute Gasteiger partial charge is 0.478 e. The van der Waals surface area contributed by atoms with Crippen molar-refractivity contribution < 1.29 is 23.8 Å². The van der Waals surface area contributed by atoms with Crippen molar-refractivity contribution in [3.63, 3.8) is 0 Å². The number of carbonyl (C=O) groups excluding carboxylic acids is 1. The van der Waals surface area contributed by atoms with E-state index in [1.165, 1.54) is 17.0 Å². The van der Waals surface area contributed by atoms with Gasteiger partial charge in [-0.2, -0.15) is 5.26 Å². The van der Waals surface area contributed by atoms with E-state index < -0.39 is 23.9 Å². The van der Waals surface area contributed by atoms with Gasteiger partial charge in [0.15, 0.2) is 6.10 Å². The van der Waals surface area contributed by atoms with Crippen molar-refractivity contribution in [2.45, 2.75) is 6.10 Å². The quantitative estimate of drug-likeness (QED) is 0.855. The first-order valence-electron chi connectivity index (χ1n) is 6.11. The third-order valence-corrected chi connectivity index (χ3v) is 2.96. The normalized spacial score (nSPS) is 17.9. The summed E-state index contributed by atoms with van der Waals surface area (Å²) < 4.78 is 18.8. The second-order valence-electron chi connectivity index (χ2n) is 4.36. The van der Waals surface area contributed by atoms with Gasteiger partial charge in [-0.1, -0.05) is 0 Å². The number of ether oxygens (including phenoxy) is 1. The smallest absolute Gasteiger partial charge is 0.335 e. The fraction of sp³-hybridized carbons (Fsp3) is 0.308. The second-order valence-corrected chi connectivity index (χ2v) is 4.36. The Morgan fingerprint density at radius 3 is 2.90 bits per heavy atom. The molecule has 1 aliphatic rings. The Labute approximate surface area is 119 Å². The second kappa shape index (κ2) is 6.19. The third-order valence-electron chi connectivity index (χ3n) is 2.96. The molecule has 0 aliphatic carbocycles. The van der Waals surface area contributed by atoms with E-state index in [-0.39, 0.29) is 24.4 Å². The molecule has 21 heavy (non-hydrogen) atoms. The van der Waals surface area contributed by atoms with Gasteiger partial charge in [0.2, 0.25) is 0 Å². The van der Waals surface area contributed by atoms with Crippen LogP contribution in [0.25, 0.3) is 0 Å². The number of hydrogen-bond acceptors (Lipinski definition) is 4. The molecule has 2 N–H and O–H groups in total. The SMILES string of the molecule is N#CC1CN(C(=O)Nc2ccc(C(=O)O)cc2F)CCO1. The van der Waals surface area contributed by atoms with Crippen molar-refractivity contribution in [2.75, 3.05) is 25.0 Å². The highest BCUT2D eigenvalue weighted by atomic mass is 19.1. The number of carbonyl (C=O) groups is 2. The van der Waals surface area contributed by atoms with Crippen LogP contribution >= 0.6 is 0 Å². The Morgan fingerprint density at radius 1 is 1.52 bits per heavy atom. The zero-order valence-corrected chi connectivity index (χ0v) is 10.9. The van der Waals surface area contributed by atoms with Crippen molar-refractivity contribution >= 4 is 17.7 Å². The van der Waals surface area contributed by atoms with E-state index in [1.54, 1.807) is 0 Å². The highest BCUT2D eigenvalue weighted by Gasteiger charge is 2.24. The fourth-order valence-electron chi connectivity index (χ4n) is 1.86. The van der Waals surface area contributed by atoms with Crippen LogP contribution in [-0.2, 0) is 4.74 Å². The van der Waals surface area contributed by atoms with Gasteiger partial charge < -0.3 is 20.1 Å². The minimum absolute atomic E-state index is 0.0944. The molecule has 0 bridgehead atoms. The lowest BCUT2D eigenvalue weighted by atomic mass is 10.2. The number of nitrogens with one attached hydrogen (secondary N) is 1. The summed E-state index contributed by atoms with van der Waals surface area (Å²) in [5, 5.41) is 19.8. The van der Waals surface area contributed by atoms with Crippen LogP contribution < -0.4 is 5.32 Å². The first kappa shape index (κ1) is 14.7. The van der Waals surface area contributed by atoms with Crippen LogP contribution in [0, 0.1) is 17.1 Å². The van der Waals surface area contributed by atoms with Gasteiger partial charge in [0.05, 0.1) is 30.5 Å². The topological polar surface area (TPSA) is 103 Å². The molecule has 1 fully saturated rings. The number of urea groups is 1. The molecule has 1 unspecified atom stereocenters. The molecule has 0 saturated carbocycles. The van der Waals surface area contributed by atoms with E-state index in [9.17, 15) is 14.0 Å². The van der Waals surface area contributed by atoms with Crippen LogP contribution in [0.3, 0.4) is 0 Å². The molecule has 0 spiro atoms. The average molecular weight is 293 g/mol. The summed E-state index contributed by atoms with van der Waals surface area (Å²) >= 11 is 0. The number of anilines is 1. The van der Waals surface area contributed by atoms with Crippen molar-refractivity contribution in [3.8, 4) is 6.07 Å². The Balaban J connectivity index is 2.06. The number of morpholine rings is 1. The molecular weight excluding hydrogens is 281 g/mol. The molecule has 2 rings (SSSR count). The number of amides is 2. The van der Waals surface area contributed by atoms with Gasteiger partial charge >= 0.3 is 12.0 Å². The Hall–Kier alpha value is -2.66. The summed E-state index contributed by atoms with van der Waals surface area (Å²) in [5.74, 6) is -2.09.